The van der Waals surface area contributed by atoms with Crippen molar-refractivity contribution in [2.45, 2.75) is 26.2 Å². The Balaban J connectivity index is 2.01. The van der Waals surface area contributed by atoms with Gasteiger partial charge in [0.25, 0.3) is 0 Å². The Morgan fingerprint density at radius 1 is 1.24 bits per heavy atom. The zero-order chi connectivity index (χ0) is 14.8. The van der Waals surface area contributed by atoms with Gasteiger partial charge in [0, 0.05) is 10.7 Å². The number of hydrogen-bond donors (Lipinski definition) is 1. The van der Waals surface area contributed by atoms with E-state index < -0.39 is 0 Å². The van der Waals surface area contributed by atoms with Gasteiger partial charge in [0.2, 0.25) is 5.95 Å². The molecule has 0 fully saturated rings. The van der Waals surface area contributed by atoms with Crippen LogP contribution in [0.5, 0.6) is 0 Å². The second-order valence-corrected chi connectivity index (χ2v) is 5.99. The van der Waals surface area contributed by atoms with Crippen LogP contribution in [0.25, 0.3) is 16.9 Å². The summed E-state index contributed by atoms with van der Waals surface area (Å²) in [6.45, 7) is 2.20. The molecule has 0 saturated heterocycles. The van der Waals surface area contributed by atoms with Gasteiger partial charge >= 0.3 is 0 Å². The van der Waals surface area contributed by atoms with E-state index in [1.807, 2.05) is 10.6 Å². The number of nitrogen functional groups attached to an aromatic ring is 1. The normalized spacial score (nSPS) is 11.1. The molecule has 3 rings (SSSR count). The van der Waals surface area contributed by atoms with E-state index in [1.54, 1.807) is 6.20 Å². The number of benzene rings is 1. The zero-order valence-corrected chi connectivity index (χ0v) is 13.5. The van der Waals surface area contributed by atoms with Crippen LogP contribution >= 0.6 is 15.9 Å². The number of nitrogens with two attached hydrogens (primary N) is 1. The van der Waals surface area contributed by atoms with E-state index in [2.05, 4.69) is 57.1 Å². The zero-order valence-electron chi connectivity index (χ0n) is 11.9. The van der Waals surface area contributed by atoms with Gasteiger partial charge in [-0.15, -0.1) is 0 Å². The second kappa shape index (κ2) is 5.85. The van der Waals surface area contributed by atoms with Crippen LogP contribution < -0.4 is 5.73 Å². The summed E-state index contributed by atoms with van der Waals surface area (Å²) >= 11 is 3.40. The molecule has 5 heteroatoms. The van der Waals surface area contributed by atoms with E-state index in [0.29, 0.717) is 5.95 Å². The molecular weight excluding hydrogens is 328 g/mol. The number of fused-ring (bicyclic) bond motifs is 1. The minimum atomic E-state index is 0.455. The molecule has 0 amide bonds. The summed E-state index contributed by atoms with van der Waals surface area (Å²) in [5.74, 6) is 0.455. The molecule has 108 valence electrons. The molecule has 1 aromatic carbocycles. The maximum atomic E-state index is 6.05. The number of unbranched alkanes of at least 4 members (excludes halogenated alkanes) is 1. The second-order valence-electron chi connectivity index (χ2n) is 5.07. The summed E-state index contributed by atoms with van der Waals surface area (Å²) in [6, 6.07) is 10.4. The van der Waals surface area contributed by atoms with Crippen LogP contribution in [-0.2, 0) is 6.42 Å². The number of hydrogen-bond acceptors (Lipinski definition) is 3. The van der Waals surface area contributed by atoms with Crippen molar-refractivity contribution in [2.75, 3.05) is 5.73 Å². The van der Waals surface area contributed by atoms with Crippen molar-refractivity contribution < 1.29 is 0 Å². The first-order chi connectivity index (χ1) is 10.2. The van der Waals surface area contributed by atoms with E-state index in [0.717, 1.165) is 27.7 Å². The molecule has 2 aromatic heterocycles. The van der Waals surface area contributed by atoms with Crippen molar-refractivity contribution in [1.29, 1.82) is 0 Å². The number of aryl methyl sites for hydroxylation is 1. The van der Waals surface area contributed by atoms with Gasteiger partial charge in [0.1, 0.15) is 5.52 Å². The Kier molecular flexibility index (Phi) is 3.92. The van der Waals surface area contributed by atoms with Gasteiger partial charge in [0.05, 0.1) is 5.69 Å². The van der Waals surface area contributed by atoms with Crippen LogP contribution in [-0.4, -0.2) is 14.5 Å². The molecule has 0 aliphatic heterocycles. The summed E-state index contributed by atoms with van der Waals surface area (Å²) in [6.07, 6.45) is 5.29. The highest BCUT2D eigenvalue weighted by molar-refractivity contribution is 9.10. The predicted octanol–water partition coefficient (Wildman–Crippen LogP) is 4.11. The lowest BCUT2D eigenvalue weighted by Crippen LogP contribution is -2.01. The molecule has 0 saturated carbocycles. The smallest absolute Gasteiger partial charge is 0.207 e. The van der Waals surface area contributed by atoms with Gasteiger partial charge in [-0.3, -0.25) is 4.57 Å². The van der Waals surface area contributed by atoms with Crippen molar-refractivity contribution in [1.82, 2.24) is 14.5 Å². The highest BCUT2D eigenvalue weighted by Crippen LogP contribution is 2.24. The van der Waals surface area contributed by atoms with Gasteiger partial charge in [-0.1, -0.05) is 25.5 Å². The summed E-state index contributed by atoms with van der Waals surface area (Å²) in [4.78, 5) is 8.79. The Morgan fingerprint density at radius 2 is 2.00 bits per heavy atom. The molecule has 0 aliphatic carbocycles. The molecule has 0 spiro atoms. The third-order valence-electron chi connectivity index (χ3n) is 3.50. The standard InChI is InChI=1S/C16H17BrN4/c1-2-3-4-11-5-7-13(8-6-11)21-15-14(20-16(21)18)9-12(17)10-19-15/h5-10H,2-4H2,1H3,(H2,18,20). The largest absolute Gasteiger partial charge is 0.369 e. The monoisotopic (exact) mass is 344 g/mol. The van der Waals surface area contributed by atoms with E-state index in [9.17, 15) is 0 Å². The first-order valence-electron chi connectivity index (χ1n) is 7.08. The number of nitrogens with zero attached hydrogens (tertiary/aromatic N) is 3. The van der Waals surface area contributed by atoms with E-state index in [-0.39, 0.29) is 0 Å². The van der Waals surface area contributed by atoms with Gasteiger partial charge in [0.15, 0.2) is 5.65 Å². The SMILES string of the molecule is CCCCc1ccc(-n2c(N)nc3cc(Br)cnc32)cc1. The van der Waals surface area contributed by atoms with Crippen LogP contribution in [0.15, 0.2) is 41.0 Å². The van der Waals surface area contributed by atoms with E-state index in [4.69, 9.17) is 5.73 Å². The molecule has 4 nitrogen and oxygen atoms in total. The van der Waals surface area contributed by atoms with Crippen LogP contribution in [0.3, 0.4) is 0 Å². The van der Waals surface area contributed by atoms with Crippen molar-refractivity contribution in [3.8, 4) is 5.69 Å². The average Bonchev–Trinajstić information content (AvgIpc) is 2.80. The van der Waals surface area contributed by atoms with Crippen LogP contribution in [0.2, 0.25) is 0 Å². The maximum Gasteiger partial charge on any atom is 0.207 e. The molecule has 0 aliphatic rings. The molecule has 0 bridgehead atoms. The molecule has 2 heterocycles. The number of anilines is 1. The fourth-order valence-corrected chi connectivity index (χ4v) is 2.72. The minimum absolute atomic E-state index is 0.455. The van der Waals surface area contributed by atoms with Gasteiger partial charge < -0.3 is 5.73 Å². The fourth-order valence-electron chi connectivity index (χ4n) is 2.40. The van der Waals surface area contributed by atoms with Gasteiger partial charge in [-0.25, -0.2) is 9.97 Å². The third-order valence-corrected chi connectivity index (χ3v) is 3.94. The topological polar surface area (TPSA) is 56.7 Å². The lowest BCUT2D eigenvalue weighted by molar-refractivity contribution is 0.795. The third kappa shape index (κ3) is 2.78. The first-order valence-corrected chi connectivity index (χ1v) is 7.87. The summed E-state index contributed by atoms with van der Waals surface area (Å²) in [5, 5.41) is 0. The molecule has 21 heavy (non-hydrogen) atoms. The molecule has 0 radical (unpaired) electrons. The molecule has 0 atom stereocenters. The number of pyridine rings is 1. The number of rotatable bonds is 4. The maximum absolute atomic E-state index is 6.05. The first kappa shape index (κ1) is 14.1. The van der Waals surface area contributed by atoms with Crippen molar-refractivity contribution in [2.24, 2.45) is 0 Å². The lowest BCUT2D eigenvalue weighted by atomic mass is 10.1. The molecule has 3 aromatic rings. The predicted molar refractivity (Wildman–Crippen MR) is 89.6 cm³/mol. The van der Waals surface area contributed by atoms with Crippen molar-refractivity contribution >= 4 is 33.0 Å². The minimum Gasteiger partial charge on any atom is -0.369 e. The number of aromatic nitrogens is 3. The Bertz CT molecular complexity index is 762. The van der Waals surface area contributed by atoms with Crippen LogP contribution in [0, 0.1) is 0 Å². The number of halogens is 1. The van der Waals surface area contributed by atoms with Crippen molar-refractivity contribution in [3.05, 3.63) is 46.6 Å². The quantitative estimate of drug-likeness (QED) is 0.774. The summed E-state index contributed by atoms with van der Waals surface area (Å²) in [5.41, 5.74) is 9.95. The van der Waals surface area contributed by atoms with E-state index in [1.165, 1.54) is 18.4 Å². The molecule has 0 unspecified atom stereocenters. The Hall–Kier alpha value is -1.88. The molecule has 2 N–H and O–H groups in total. The lowest BCUT2D eigenvalue weighted by Gasteiger charge is -2.07. The summed E-state index contributed by atoms with van der Waals surface area (Å²) < 4.78 is 2.78. The highest BCUT2D eigenvalue weighted by Gasteiger charge is 2.11. The highest BCUT2D eigenvalue weighted by atomic mass is 79.9. The fraction of sp³-hybridized carbons (Fsp3) is 0.250. The average molecular weight is 345 g/mol. The van der Waals surface area contributed by atoms with Gasteiger partial charge in [-0.05, 0) is 52.5 Å². The van der Waals surface area contributed by atoms with Gasteiger partial charge in [-0.2, -0.15) is 0 Å². The van der Waals surface area contributed by atoms with Crippen molar-refractivity contribution in [3.63, 3.8) is 0 Å². The molecular formula is C16H17BrN4. The Morgan fingerprint density at radius 3 is 2.71 bits per heavy atom. The summed E-state index contributed by atoms with van der Waals surface area (Å²) in [7, 11) is 0. The van der Waals surface area contributed by atoms with Crippen LogP contribution in [0.4, 0.5) is 5.95 Å². The van der Waals surface area contributed by atoms with E-state index >= 15 is 0 Å². The number of imidazole rings is 1. The Labute approximate surface area is 132 Å². The van der Waals surface area contributed by atoms with Crippen LogP contribution in [0.1, 0.15) is 25.3 Å².